The average molecular weight is 384 g/mol. The molecule has 8 nitrogen and oxygen atoms in total. The van der Waals surface area contributed by atoms with Crippen LogP contribution < -0.4 is 9.64 Å². The van der Waals surface area contributed by atoms with Gasteiger partial charge in [-0.15, -0.1) is 0 Å². The number of hydrogen-bond donors (Lipinski definition) is 0. The zero-order chi connectivity index (χ0) is 20.4. The molecule has 1 aliphatic heterocycles. The van der Waals surface area contributed by atoms with Gasteiger partial charge < -0.3 is 14.4 Å². The molecule has 2 atom stereocenters. The van der Waals surface area contributed by atoms with Crippen molar-refractivity contribution in [2.75, 3.05) is 12.0 Å². The summed E-state index contributed by atoms with van der Waals surface area (Å²) in [7, 11) is 1.30. The van der Waals surface area contributed by atoms with Crippen molar-refractivity contribution in [3.63, 3.8) is 0 Å². The minimum absolute atomic E-state index is 0.0259. The maximum atomic E-state index is 12.9. The summed E-state index contributed by atoms with van der Waals surface area (Å²) in [5.41, 5.74) is 1.50. The Bertz CT molecular complexity index is 942. The zero-order valence-electron chi connectivity index (χ0n) is 15.7. The maximum Gasteiger partial charge on any atom is 0.339 e. The molecule has 28 heavy (non-hydrogen) atoms. The summed E-state index contributed by atoms with van der Waals surface area (Å²) in [5, 5.41) is 11.1. The topological polar surface area (TPSA) is 99.0 Å². The first-order valence-corrected chi connectivity index (χ1v) is 8.78. The van der Waals surface area contributed by atoms with E-state index in [-0.39, 0.29) is 28.9 Å². The van der Waals surface area contributed by atoms with Gasteiger partial charge in [-0.3, -0.25) is 14.9 Å². The number of carbonyl (C=O) groups is 2. The second-order valence-electron chi connectivity index (χ2n) is 6.58. The smallest absolute Gasteiger partial charge is 0.339 e. The average Bonchev–Trinajstić information content (AvgIpc) is 3.02. The number of nitrogens with zero attached hydrogens (tertiary/aromatic N) is 2. The number of esters is 1. The molecule has 0 N–H and O–H groups in total. The lowest BCUT2D eigenvalue weighted by molar-refractivity contribution is -0.385. The highest BCUT2D eigenvalue weighted by Crippen LogP contribution is 2.33. The molecule has 146 valence electrons. The lowest BCUT2D eigenvalue weighted by Gasteiger charge is -2.25. The molecule has 0 aromatic heterocycles. The molecular formula is C20H20N2O6. The zero-order valence-corrected chi connectivity index (χ0v) is 15.7. The maximum absolute atomic E-state index is 12.9. The minimum atomic E-state index is -1.04. The predicted molar refractivity (Wildman–Crippen MR) is 102 cm³/mol. The van der Waals surface area contributed by atoms with E-state index in [4.69, 9.17) is 9.47 Å². The van der Waals surface area contributed by atoms with E-state index in [1.54, 1.807) is 4.90 Å². The van der Waals surface area contributed by atoms with Crippen molar-refractivity contribution in [1.29, 1.82) is 0 Å². The summed E-state index contributed by atoms with van der Waals surface area (Å²) in [4.78, 5) is 37.4. The largest absolute Gasteiger partial charge is 0.490 e. The van der Waals surface area contributed by atoms with Crippen LogP contribution >= 0.6 is 0 Å². The summed E-state index contributed by atoms with van der Waals surface area (Å²) >= 11 is 0. The van der Waals surface area contributed by atoms with Gasteiger partial charge in [0, 0.05) is 17.8 Å². The van der Waals surface area contributed by atoms with Gasteiger partial charge in [0.05, 0.1) is 17.6 Å². The number of benzene rings is 2. The molecule has 1 amide bonds. The van der Waals surface area contributed by atoms with Gasteiger partial charge in [0.1, 0.15) is 0 Å². The van der Waals surface area contributed by atoms with Gasteiger partial charge in [0.25, 0.3) is 5.91 Å². The van der Waals surface area contributed by atoms with E-state index in [0.717, 1.165) is 23.7 Å². The fourth-order valence-electron chi connectivity index (χ4n) is 3.34. The Morgan fingerprint density at radius 2 is 1.96 bits per heavy atom. The van der Waals surface area contributed by atoms with Gasteiger partial charge in [-0.25, -0.2) is 4.79 Å². The van der Waals surface area contributed by atoms with Gasteiger partial charge in [-0.05, 0) is 44.0 Å². The van der Waals surface area contributed by atoms with Gasteiger partial charge in [-0.1, -0.05) is 18.2 Å². The van der Waals surface area contributed by atoms with Crippen LogP contribution in [0, 0.1) is 10.1 Å². The summed E-state index contributed by atoms with van der Waals surface area (Å²) in [6.45, 7) is 3.42. The molecule has 2 aromatic rings. The minimum Gasteiger partial charge on any atom is -0.490 e. The van der Waals surface area contributed by atoms with E-state index in [0.29, 0.717) is 0 Å². The number of nitro benzene ring substituents is 1. The molecule has 0 saturated heterocycles. The fraction of sp³-hybridized carbons (Fsp3) is 0.300. The van der Waals surface area contributed by atoms with Crippen molar-refractivity contribution in [3.05, 3.63) is 63.7 Å². The molecule has 0 fully saturated rings. The van der Waals surface area contributed by atoms with Gasteiger partial charge >= 0.3 is 11.7 Å². The summed E-state index contributed by atoms with van der Waals surface area (Å²) in [6.07, 6.45) is -0.310. The number of anilines is 1. The van der Waals surface area contributed by atoms with Crippen LogP contribution in [0.3, 0.4) is 0 Å². The monoisotopic (exact) mass is 384 g/mol. The Balaban J connectivity index is 1.77. The van der Waals surface area contributed by atoms with E-state index >= 15 is 0 Å². The summed E-state index contributed by atoms with van der Waals surface area (Å²) in [6, 6.07) is 11.3. The second-order valence-corrected chi connectivity index (χ2v) is 6.58. The van der Waals surface area contributed by atoms with Crippen molar-refractivity contribution in [2.45, 2.75) is 32.4 Å². The number of fused-ring (bicyclic) bond motifs is 1. The molecule has 1 heterocycles. The van der Waals surface area contributed by atoms with E-state index in [2.05, 4.69) is 0 Å². The Morgan fingerprint density at radius 1 is 1.25 bits per heavy atom. The van der Waals surface area contributed by atoms with Crippen molar-refractivity contribution >= 4 is 23.3 Å². The summed E-state index contributed by atoms with van der Waals surface area (Å²) < 4.78 is 10.2. The third kappa shape index (κ3) is 3.53. The first kappa shape index (κ1) is 19.3. The normalized spacial score (nSPS) is 16.2. The molecule has 0 spiro atoms. The van der Waals surface area contributed by atoms with Crippen molar-refractivity contribution < 1.29 is 24.0 Å². The molecule has 8 heteroatoms. The predicted octanol–water partition coefficient (Wildman–Crippen LogP) is 3.13. The lowest BCUT2D eigenvalue weighted by atomic mass is 10.1. The van der Waals surface area contributed by atoms with Crippen LogP contribution in [0.2, 0.25) is 0 Å². The number of para-hydroxylation sites is 1. The standard InChI is InChI=1S/C20H20N2O6/c1-12-10-14-6-4-5-7-16(14)21(12)19(23)13(2)28-20(24)15-8-9-18(27-3)17(11-15)22(25)26/h4-9,11-13H,10H2,1-3H3/t12-,13-/m1/s1. The van der Waals surface area contributed by atoms with Crippen molar-refractivity contribution in [2.24, 2.45) is 0 Å². The number of nitro groups is 1. The highest BCUT2D eigenvalue weighted by Gasteiger charge is 2.34. The molecule has 3 rings (SSSR count). The van der Waals surface area contributed by atoms with Crippen LogP contribution in [0.4, 0.5) is 11.4 Å². The second kappa shape index (κ2) is 7.67. The van der Waals surface area contributed by atoms with Crippen LogP contribution in [-0.2, 0) is 16.0 Å². The van der Waals surface area contributed by atoms with Crippen LogP contribution in [-0.4, -0.2) is 36.1 Å². The molecule has 1 aliphatic rings. The molecule has 0 unspecified atom stereocenters. The quantitative estimate of drug-likeness (QED) is 0.446. The van der Waals surface area contributed by atoms with Gasteiger partial charge in [0.15, 0.2) is 11.9 Å². The van der Waals surface area contributed by atoms with Crippen LogP contribution in [0.25, 0.3) is 0 Å². The Morgan fingerprint density at radius 3 is 2.64 bits per heavy atom. The molecule has 0 radical (unpaired) electrons. The molecular weight excluding hydrogens is 364 g/mol. The number of ether oxygens (including phenoxy) is 2. The van der Waals surface area contributed by atoms with E-state index in [1.807, 2.05) is 31.2 Å². The number of hydrogen-bond acceptors (Lipinski definition) is 6. The Kier molecular flexibility index (Phi) is 5.30. The molecule has 0 aliphatic carbocycles. The molecule has 0 saturated carbocycles. The number of rotatable bonds is 5. The van der Waals surface area contributed by atoms with Crippen molar-refractivity contribution in [3.8, 4) is 5.75 Å². The summed E-state index contributed by atoms with van der Waals surface area (Å²) in [5.74, 6) is -1.12. The third-order valence-corrected chi connectivity index (χ3v) is 4.69. The highest BCUT2D eigenvalue weighted by atomic mass is 16.6. The van der Waals surface area contributed by atoms with Crippen LogP contribution in [0.15, 0.2) is 42.5 Å². The fourth-order valence-corrected chi connectivity index (χ4v) is 3.34. The number of amides is 1. The highest BCUT2D eigenvalue weighted by molar-refractivity contribution is 6.01. The van der Waals surface area contributed by atoms with Crippen LogP contribution in [0.5, 0.6) is 5.75 Å². The van der Waals surface area contributed by atoms with E-state index in [9.17, 15) is 19.7 Å². The first-order chi connectivity index (χ1) is 13.3. The number of carbonyl (C=O) groups excluding carboxylic acids is 2. The SMILES string of the molecule is COc1ccc(C(=O)O[C@H](C)C(=O)N2c3ccccc3C[C@H]2C)cc1[N+](=O)[O-]. The first-order valence-electron chi connectivity index (χ1n) is 8.78. The Labute approximate surface area is 161 Å². The van der Waals surface area contributed by atoms with Gasteiger partial charge in [-0.2, -0.15) is 0 Å². The van der Waals surface area contributed by atoms with E-state index < -0.39 is 17.0 Å². The molecule has 0 bridgehead atoms. The van der Waals surface area contributed by atoms with E-state index in [1.165, 1.54) is 26.2 Å². The molecule has 2 aromatic carbocycles. The Hall–Kier alpha value is -3.42. The van der Waals surface area contributed by atoms with Crippen LogP contribution in [0.1, 0.15) is 29.8 Å². The lowest BCUT2D eigenvalue weighted by Crippen LogP contribution is -2.43. The van der Waals surface area contributed by atoms with Crippen molar-refractivity contribution in [1.82, 2.24) is 0 Å². The number of methoxy groups -OCH3 is 1. The third-order valence-electron chi connectivity index (χ3n) is 4.69. The van der Waals surface area contributed by atoms with Gasteiger partial charge in [0.2, 0.25) is 0 Å².